The van der Waals surface area contributed by atoms with Crippen LogP contribution >= 0.6 is 0 Å². The van der Waals surface area contributed by atoms with Crippen LogP contribution in [0.15, 0.2) is 35.9 Å². The molecule has 0 amide bonds. The minimum Gasteiger partial charge on any atom is -0.314 e. The number of unbranched alkanes of at least 4 members (excludes halogenated alkanes) is 2. The Kier molecular flexibility index (Phi) is 9.03. The van der Waals surface area contributed by atoms with Crippen LogP contribution in [0.5, 0.6) is 0 Å². The van der Waals surface area contributed by atoms with Gasteiger partial charge in [0.2, 0.25) is 0 Å². The summed E-state index contributed by atoms with van der Waals surface area (Å²) in [6, 6.07) is 7.77. The summed E-state index contributed by atoms with van der Waals surface area (Å²) in [4.78, 5) is 0. The minimum atomic E-state index is -1.83. The highest BCUT2D eigenvalue weighted by Gasteiger charge is 2.57. The summed E-state index contributed by atoms with van der Waals surface area (Å²) in [5, 5.41) is 1.64. The van der Waals surface area contributed by atoms with Crippen LogP contribution < -0.4 is 5.19 Å². The lowest BCUT2D eigenvalue weighted by atomic mass is 9.68. The van der Waals surface area contributed by atoms with Crippen molar-refractivity contribution in [3.63, 3.8) is 0 Å². The Morgan fingerprint density at radius 1 is 0.854 bits per heavy atom. The molecule has 1 fully saturated rings. The standard InChI is InChI=1S/C38H65NSi2/c1-15-17-21-38(22-18-16-2)33-25-29(40(10,11)12)19-20-30(33)32-24-28-23-27(3)35(31(28)26-34(32)38)41(13,14)39(36(4,5)6)37(7,8)9/h19-20,24-28,31,35H,15-18,21-23H2,1-14H3. The van der Waals surface area contributed by atoms with Crippen LogP contribution in [0, 0.1) is 17.8 Å². The van der Waals surface area contributed by atoms with Gasteiger partial charge < -0.3 is 4.57 Å². The number of nitrogens with zero attached hydrogens (tertiary/aromatic N) is 1. The van der Waals surface area contributed by atoms with Gasteiger partial charge in [-0.05, 0) is 106 Å². The minimum absolute atomic E-state index is 0.164. The summed E-state index contributed by atoms with van der Waals surface area (Å²) >= 11 is 0. The summed E-state index contributed by atoms with van der Waals surface area (Å²) in [5.41, 5.74) is 7.95. The molecule has 0 bridgehead atoms. The maximum Gasteiger partial charge on any atom is 0.127 e. The average Bonchev–Trinajstić information content (AvgIpc) is 3.28. The van der Waals surface area contributed by atoms with Crippen molar-refractivity contribution >= 4 is 27.1 Å². The quantitative estimate of drug-likeness (QED) is 0.258. The van der Waals surface area contributed by atoms with Gasteiger partial charge in [0.05, 0.1) is 8.07 Å². The fourth-order valence-corrected chi connectivity index (χ4v) is 18.2. The monoisotopic (exact) mass is 591 g/mol. The maximum atomic E-state index is 3.00. The Balaban J connectivity index is 1.92. The van der Waals surface area contributed by atoms with Gasteiger partial charge in [-0.25, -0.2) is 0 Å². The molecule has 0 saturated heterocycles. The van der Waals surface area contributed by atoms with E-state index in [4.69, 9.17) is 0 Å². The Morgan fingerprint density at radius 3 is 1.90 bits per heavy atom. The van der Waals surface area contributed by atoms with Gasteiger partial charge >= 0.3 is 0 Å². The van der Waals surface area contributed by atoms with E-state index in [2.05, 4.69) is 130 Å². The summed E-state index contributed by atoms with van der Waals surface area (Å²) in [6.45, 7) is 35.2. The number of allylic oxidation sites excluding steroid dienone is 4. The van der Waals surface area contributed by atoms with Crippen molar-refractivity contribution in [2.24, 2.45) is 17.8 Å². The third-order valence-corrected chi connectivity index (χ3v) is 18.2. The lowest BCUT2D eigenvalue weighted by Crippen LogP contribution is -2.67. The molecular weight excluding hydrogens is 527 g/mol. The van der Waals surface area contributed by atoms with Crippen molar-refractivity contribution in [2.45, 2.75) is 162 Å². The van der Waals surface area contributed by atoms with E-state index in [-0.39, 0.29) is 16.5 Å². The number of rotatable bonds is 9. The molecule has 0 heterocycles. The van der Waals surface area contributed by atoms with Gasteiger partial charge in [-0.3, -0.25) is 0 Å². The summed E-state index contributed by atoms with van der Waals surface area (Å²) in [7, 11) is -3.24. The van der Waals surface area contributed by atoms with E-state index < -0.39 is 16.3 Å². The van der Waals surface area contributed by atoms with Crippen molar-refractivity contribution in [3.8, 4) is 0 Å². The molecule has 3 heteroatoms. The first-order chi connectivity index (χ1) is 18.8. The van der Waals surface area contributed by atoms with Crippen LogP contribution in [0.25, 0.3) is 5.57 Å². The first kappa shape index (κ1) is 33.0. The van der Waals surface area contributed by atoms with Crippen LogP contribution in [0.1, 0.15) is 118 Å². The molecule has 4 rings (SSSR count). The van der Waals surface area contributed by atoms with Gasteiger partial charge in [0.15, 0.2) is 0 Å². The molecule has 0 aromatic heterocycles. The normalized spacial score (nSPS) is 26.0. The highest BCUT2D eigenvalue weighted by molar-refractivity contribution is 6.88. The van der Waals surface area contributed by atoms with Crippen LogP contribution in [0.4, 0.5) is 0 Å². The first-order valence-corrected chi connectivity index (χ1v) is 23.7. The summed E-state index contributed by atoms with van der Waals surface area (Å²) in [5.74, 6) is 2.12. The SMILES string of the molecule is CCCCC1(CCCC)C2=CC3C(C=C2c2ccc([Si](C)(C)C)cc21)CC(C)C3[Si](C)(C)N(C(C)(C)C)C(C)(C)C. The second kappa shape index (κ2) is 11.2. The third kappa shape index (κ3) is 5.83. The summed E-state index contributed by atoms with van der Waals surface area (Å²) < 4.78 is 3.00. The predicted molar refractivity (Wildman–Crippen MR) is 190 cm³/mol. The number of hydrogen-bond acceptors (Lipinski definition) is 1. The zero-order valence-electron chi connectivity index (χ0n) is 29.6. The molecule has 0 radical (unpaired) electrons. The van der Waals surface area contributed by atoms with Gasteiger partial charge in [0.25, 0.3) is 0 Å². The van der Waals surface area contributed by atoms with Crippen molar-refractivity contribution in [1.29, 1.82) is 0 Å². The molecule has 41 heavy (non-hydrogen) atoms. The summed E-state index contributed by atoms with van der Waals surface area (Å²) in [6.07, 6.45) is 14.9. The van der Waals surface area contributed by atoms with Gasteiger partial charge in [0.1, 0.15) is 8.24 Å². The van der Waals surface area contributed by atoms with Crippen molar-refractivity contribution < 1.29 is 0 Å². The second-order valence-electron chi connectivity index (χ2n) is 17.8. The van der Waals surface area contributed by atoms with Crippen LogP contribution in [0.2, 0.25) is 38.3 Å². The van der Waals surface area contributed by atoms with Gasteiger partial charge in [-0.1, -0.05) is 115 Å². The first-order valence-electron chi connectivity index (χ1n) is 17.2. The molecule has 4 unspecified atom stereocenters. The van der Waals surface area contributed by atoms with Crippen LogP contribution in [-0.2, 0) is 5.41 Å². The van der Waals surface area contributed by atoms with E-state index in [0.29, 0.717) is 11.8 Å². The van der Waals surface area contributed by atoms with Gasteiger partial charge in [-0.15, -0.1) is 0 Å². The molecule has 0 N–H and O–H groups in total. The molecule has 1 nitrogen and oxygen atoms in total. The lowest BCUT2D eigenvalue weighted by molar-refractivity contribution is 0.121. The van der Waals surface area contributed by atoms with E-state index in [0.717, 1.165) is 11.5 Å². The molecular formula is C38H65NSi2. The fraction of sp³-hybridized carbons (Fsp3) is 0.737. The van der Waals surface area contributed by atoms with Crippen LogP contribution in [0.3, 0.4) is 0 Å². The van der Waals surface area contributed by atoms with Crippen molar-refractivity contribution in [2.75, 3.05) is 0 Å². The smallest absolute Gasteiger partial charge is 0.127 e. The highest BCUT2D eigenvalue weighted by atomic mass is 28.3. The zero-order chi connectivity index (χ0) is 30.8. The largest absolute Gasteiger partial charge is 0.314 e. The van der Waals surface area contributed by atoms with Crippen LogP contribution in [-0.4, -0.2) is 32.0 Å². The molecule has 3 aliphatic carbocycles. The Bertz CT molecular complexity index is 1140. The number of hydrogen-bond donors (Lipinski definition) is 0. The molecule has 230 valence electrons. The Morgan fingerprint density at radius 2 is 1.41 bits per heavy atom. The van der Waals surface area contributed by atoms with Gasteiger partial charge in [0, 0.05) is 16.5 Å². The average molecular weight is 592 g/mol. The van der Waals surface area contributed by atoms with Crippen molar-refractivity contribution in [3.05, 3.63) is 47.1 Å². The fourth-order valence-electron chi connectivity index (χ4n) is 10.5. The van der Waals surface area contributed by atoms with E-state index >= 15 is 0 Å². The molecule has 1 aromatic carbocycles. The third-order valence-electron chi connectivity index (χ3n) is 11.1. The molecule has 0 aliphatic heterocycles. The molecule has 1 saturated carbocycles. The number of fused-ring (bicyclic) bond motifs is 4. The molecule has 1 aromatic rings. The maximum absolute atomic E-state index is 3.00. The van der Waals surface area contributed by atoms with E-state index in [9.17, 15) is 0 Å². The van der Waals surface area contributed by atoms with E-state index in [1.807, 2.05) is 0 Å². The second-order valence-corrected chi connectivity index (χ2v) is 27.3. The highest BCUT2D eigenvalue weighted by Crippen LogP contribution is 2.63. The topological polar surface area (TPSA) is 3.24 Å². The number of benzene rings is 1. The van der Waals surface area contributed by atoms with E-state index in [1.165, 1.54) is 44.9 Å². The lowest BCUT2D eigenvalue weighted by Gasteiger charge is -2.57. The Labute approximate surface area is 257 Å². The molecule has 4 atom stereocenters. The molecule has 3 aliphatic rings. The van der Waals surface area contributed by atoms with Gasteiger partial charge in [-0.2, -0.15) is 0 Å². The van der Waals surface area contributed by atoms with Crippen molar-refractivity contribution in [1.82, 2.24) is 4.57 Å². The predicted octanol–water partition coefficient (Wildman–Crippen LogP) is 10.9. The van der Waals surface area contributed by atoms with E-state index in [1.54, 1.807) is 27.5 Å². The Hall–Kier alpha value is -0.906. The zero-order valence-corrected chi connectivity index (χ0v) is 31.6. The molecule has 0 spiro atoms.